The Morgan fingerprint density at radius 1 is 1.57 bits per heavy atom. The molecule has 0 bridgehead atoms. The van der Waals surface area contributed by atoms with Gasteiger partial charge in [0.2, 0.25) is 0 Å². The van der Waals surface area contributed by atoms with Crippen LogP contribution in [0.5, 0.6) is 0 Å². The van der Waals surface area contributed by atoms with Gasteiger partial charge in [0, 0.05) is 26.2 Å². The molecule has 84 valence electrons. The molecular formula is C9H21N3O2. The highest BCUT2D eigenvalue weighted by Crippen LogP contribution is 1.90. The monoisotopic (exact) mass is 203 g/mol. The highest BCUT2D eigenvalue weighted by Gasteiger charge is 2.17. The van der Waals surface area contributed by atoms with Crippen LogP contribution in [0, 0.1) is 0 Å². The van der Waals surface area contributed by atoms with Crippen LogP contribution in [0.25, 0.3) is 0 Å². The lowest BCUT2D eigenvalue weighted by Gasteiger charge is -2.20. The average Bonchev–Trinajstić information content (AvgIpc) is 2.04. The van der Waals surface area contributed by atoms with Gasteiger partial charge in [-0.15, -0.1) is 0 Å². The van der Waals surface area contributed by atoms with Crippen molar-refractivity contribution in [2.75, 3.05) is 34.3 Å². The van der Waals surface area contributed by atoms with Crippen LogP contribution in [0.15, 0.2) is 0 Å². The molecule has 2 atom stereocenters. The van der Waals surface area contributed by atoms with E-state index < -0.39 is 6.10 Å². The molecule has 3 N–H and O–H groups in total. The molecule has 0 saturated carbocycles. The van der Waals surface area contributed by atoms with E-state index in [0.717, 1.165) is 6.54 Å². The SMILES string of the molecule is COC(CN)C(=O)NC(C)CN(C)C. The summed E-state index contributed by atoms with van der Waals surface area (Å²) < 4.78 is 4.92. The van der Waals surface area contributed by atoms with Crippen LogP contribution in [0.4, 0.5) is 0 Å². The number of nitrogens with zero attached hydrogens (tertiary/aromatic N) is 1. The molecule has 0 aromatic carbocycles. The Kier molecular flexibility index (Phi) is 6.44. The Morgan fingerprint density at radius 3 is 2.50 bits per heavy atom. The van der Waals surface area contributed by atoms with Crippen molar-refractivity contribution in [2.24, 2.45) is 5.73 Å². The first kappa shape index (κ1) is 13.4. The van der Waals surface area contributed by atoms with Gasteiger partial charge in [0.15, 0.2) is 0 Å². The van der Waals surface area contributed by atoms with Crippen molar-refractivity contribution in [1.82, 2.24) is 10.2 Å². The second-order valence-electron chi connectivity index (χ2n) is 3.63. The fraction of sp³-hybridized carbons (Fsp3) is 0.889. The Balaban J connectivity index is 3.91. The lowest BCUT2D eigenvalue weighted by molar-refractivity contribution is -0.131. The second-order valence-corrected chi connectivity index (χ2v) is 3.63. The number of rotatable bonds is 6. The molecule has 0 aromatic heterocycles. The molecule has 0 spiro atoms. The molecule has 1 amide bonds. The topological polar surface area (TPSA) is 67.6 Å². The zero-order chi connectivity index (χ0) is 11.1. The van der Waals surface area contributed by atoms with E-state index in [2.05, 4.69) is 5.32 Å². The zero-order valence-corrected chi connectivity index (χ0v) is 9.41. The molecule has 2 unspecified atom stereocenters. The quantitative estimate of drug-likeness (QED) is 0.582. The van der Waals surface area contributed by atoms with Crippen LogP contribution in [-0.2, 0) is 9.53 Å². The van der Waals surface area contributed by atoms with E-state index >= 15 is 0 Å². The van der Waals surface area contributed by atoms with Crippen molar-refractivity contribution in [3.63, 3.8) is 0 Å². The van der Waals surface area contributed by atoms with Gasteiger partial charge in [0.25, 0.3) is 5.91 Å². The molecule has 14 heavy (non-hydrogen) atoms. The predicted molar refractivity (Wildman–Crippen MR) is 56.0 cm³/mol. The molecule has 0 radical (unpaired) electrons. The van der Waals surface area contributed by atoms with Crippen LogP contribution in [0.3, 0.4) is 0 Å². The Hall–Kier alpha value is -0.650. The summed E-state index contributed by atoms with van der Waals surface area (Å²) in [6.07, 6.45) is -0.542. The second kappa shape index (κ2) is 6.75. The Bertz CT molecular complexity index is 169. The third-order valence-corrected chi connectivity index (χ3v) is 1.82. The van der Waals surface area contributed by atoms with Crippen molar-refractivity contribution >= 4 is 5.91 Å². The number of hydrogen-bond acceptors (Lipinski definition) is 4. The molecule has 0 saturated heterocycles. The number of nitrogens with two attached hydrogens (primary N) is 1. The third-order valence-electron chi connectivity index (χ3n) is 1.82. The maximum atomic E-state index is 11.5. The lowest BCUT2D eigenvalue weighted by Crippen LogP contribution is -2.47. The largest absolute Gasteiger partial charge is 0.370 e. The van der Waals surface area contributed by atoms with Gasteiger partial charge in [-0.1, -0.05) is 0 Å². The number of carbonyl (C=O) groups excluding carboxylic acids is 1. The van der Waals surface area contributed by atoms with E-state index in [1.807, 2.05) is 25.9 Å². The molecule has 0 aliphatic rings. The molecular weight excluding hydrogens is 182 g/mol. The van der Waals surface area contributed by atoms with Crippen molar-refractivity contribution in [2.45, 2.75) is 19.1 Å². The minimum absolute atomic E-state index is 0.0988. The number of hydrogen-bond donors (Lipinski definition) is 2. The first-order valence-corrected chi connectivity index (χ1v) is 4.69. The van der Waals surface area contributed by atoms with Gasteiger partial charge in [-0.2, -0.15) is 0 Å². The smallest absolute Gasteiger partial charge is 0.250 e. The van der Waals surface area contributed by atoms with Crippen LogP contribution in [0.2, 0.25) is 0 Å². The molecule has 0 aliphatic carbocycles. The van der Waals surface area contributed by atoms with Gasteiger partial charge in [-0.25, -0.2) is 0 Å². The maximum absolute atomic E-state index is 11.5. The molecule has 0 fully saturated rings. The molecule has 5 nitrogen and oxygen atoms in total. The van der Waals surface area contributed by atoms with Crippen molar-refractivity contribution in [3.05, 3.63) is 0 Å². The van der Waals surface area contributed by atoms with Gasteiger partial charge < -0.3 is 20.7 Å². The van der Waals surface area contributed by atoms with Crippen LogP contribution >= 0.6 is 0 Å². The number of likely N-dealkylation sites (N-methyl/N-ethyl adjacent to an activating group) is 1. The number of methoxy groups -OCH3 is 1. The van der Waals surface area contributed by atoms with Crippen LogP contribution in [-0.4, -0.2) is 57.2 Å². The Morgan fingerprint density at radius 2 is 2.14 bits per heavy atom. The minimum Gasteiger partial charge on any atom is -0.370 e. The number of ether oxygens (including phenoxy) is 1. The molecule has 5 heteroatoms. The van der Waals surface area contributed by atoms with Crippen molar-refractivity contribution < 1.29 is 9.53 Å². The highest BCUT2D eigenvalue weighted by atomic mass is 16.5. The standard InChI is InChI=1S/C9H21N3O2/c1-7(6-12(2)3)11-9(13)8(5-10)14-4/h7-8H,5-6,10H2,1-4H3,(H,11,13). The zero-order valence-electron chi connectivity index (χ0n) is 9.41. The van der Waals surface area contributed by atoms with Crippen LogP contribution in [0.1, 0.15) is 6.92 Å². The minimum atomic E-state index is -0.542. The maximum Gasteiger partial charge on any atom is 0.250 e. The van der Waals surface area contributed by atoms with E-state index in [4.69, 9.17) is 10.5 Å². The highest BCUT2D eigenvalue weighted by molar-refractivity contribution is 5.81. The molecule has 0 aliphatic heterocycles. The van der Waals surface area contributed by atoms with Gasteiger partial charge in [-0.3, -0.25) is 4.79 Å². The summed E-state index contributed by atoms with van der Waals surface area (Å²) in [6.45, 7) is 2.95. The van der Waals surface area contributed by atoms with Crippen molar-refractivity contribution in [3.8, 4) is 0 Å². The molecule has 0 rings (SSSR count). The fourth-order valence-corrected chi connectivity index (χ4v) is 1.24. The number of amides is 1. The molecule has 0 aromatic rings. The summed E-state index contributed by atoms with van der Waals surface area (Å²) in [7, 11) is 5.40. The first-order chi connectivity index (χ1) is 6.51. The summed E-state index contributed by atoms with van der Waals surface area (Å²) in [5, 5.41) is 2.83. The van der Waals surface area contributed by atoms with E-state index in [9.17, 15) is 4.79 Å². The van der Waals surface area contributed by atoms with Crippen molar-refractivity contribution in [1.29, 1.82) is 0 Å². The number of nitrogens with one attached hydrogen (secondary N) is 1. The number of carbonyl (C=O) groups is 1. The summed E-state index contributed by atoms with van der Waals surface area (Å²) in [6, 6.07) is 0.0988. The Labute approximate surface area is 85.6 Å². The normalized spacial score (nSPS) is 15.3. The van der Waals surface area contributed by atoms with Gasteiger partial charge in [0.1, 0.15) is 6.10 Å². The summed E-state index contributed by atoms with van der Waals surface area (Å²) in [4.78, 5) is 13.5. The summed E-state index contributed by atoms with van der Waals surface area (Å²) in [5.41, 5.74) is 5.36. The summed E-state index contributed by atoms with van der Waals surface area (Å²) in [5.74, 6) is -0.149. The average molecular weight is 203 g/mol. The van der Waals surface area contributed by atoms with Crippen LogP contribution < -0.4 is 11.1 Å². The molecule has 0 heterocycles. The fourth-order valence-electron chi connectivity index (χ4n) is 1.24. The third kappa shape index (κ3) is 5.16. The van der Waals surface area contributed by atoms with Gasteiger partial charge >= 0.3 is 0 Å². The van der Waals surface area contributed by atoms with Gasteiger partial charge in [0.05, 0.1) is 0 Å². The van der Waals surface area contributed by atoms with E-state index in [-0.39, 0.29) is 18.5 Å². The lowest BCUT2D eigenvalue weighted by atomic mass is 10.2. The summed E-state index contributed by atoms with van der Waals surface area (Å²) >= 11 is 0. The first-order valence-electron chi connectivity index (χ1n) is 4.69. The van der Waals surface area contributed by atoms with E-state index in [1.54, 1.807) is 0 Å². The predicted octanol–water partition coefficient (Wildman–Crippen LogP) is -0.974. The van der Waals surface area contributed by atoms with E-state index in [0.29, 0.717) is 0 Å². The van der Waals surface area contributed by atoms with E-state index in [1.165, 1.54) is 7.11 Å². The van der Waals surface area contributed by atoms with Gasteiger partial charge in [-0.05, 0) is 21.0 Å².